The van der Waals surface area contributed by atoms with Crippen LogP contribution in [0.4, 0.5) is 0 Å². The Morgan fingerprint density at radius 2 is 1.36 bits per heavy atom. The standard InChI is InChI=1S/C19H21NO4S/c1-19(2,3)25-14-8-6-12(7-9-14)13-10-15(17(21)23-4)20-16(11-13)18(22)24-5/h6-11H,1-5H3. The van der Waals surface area contributed by atoms with Crippen molar-refractivity contribution in [2.45, 2.75) is 30.4 Å². The SMILES string of the molecule is COC(=O)c1cc(-c2ccc(SC(C)(C)C)cc2)cc(C(=O)OC)n1. The maximum absolute atomic E-state index is 11.8. The summed E-state index contributed by atoms with van der Waals surface area (Å²) in [6.45, 7) is 6.46. The number of carbonyl (C=O) groups excluding carboxylic acids is 2. The van der Waals surface area contributed by atoms with Gasteiger partial charge in [-0.25, -0.2) is 14.6 Å². The molecule has 0 aliphatic rings. The largest absolute Gasteiger partial charge is 0.464 e. The van der Waals surface area contributed by atoms with Gasteiger partial charge in [-0.3, -0.25) is 0 Å². The van der Waals surface area contributed by atoms with Gasteiger partial charge in [-0.2, -0.15) is 0 Å². The lowest BCUT2D eigenvalue weighted by Gasteiger charge is -2.17. The van der Waals surface area contributed by atoms with Gasteiger partial charge in [-0.15, -0.1) is 11.8 Å². The molecule has 0 saturated carbocycles. The summed E-state index contributed by atoms with van der Waals surface area (Å²) in [5.74, 6) is -1.21. The summed E-state index contributed by atoms with van der Waals surface area (Å²) in [4.78, 5) is 28.8. The summed E-state index contributed by atoms with van der Waals surface area (Å²) in [5.41, 5.74) is 1.70. The van der Waals surface area contributed by atoms with E-state index in [1.807, 2.05) is 24.3 Å². The maximum atomic E-state index is 11.8. The molecule has 0 aliphatic carbocycles. The molecular weight excluding hydrogens is 338 g/mol. The minimum Gasteiger partial charge on any atom is -0.464 e. The molecule has 25 heavy (non-hydrogen) atoms. The Balaban J connectivity index is 2.43. The zero-order valence-corrected chi connectivity index (χ0v) is 15.8. The maximum Gasteiger partial charge on any atom is 0.356 e. The van der Waals surface area contributed by atoms with Crippen molar-refractivity contribution in [1.29, 1.82) is 0 Å². The molecule has 1 aromatic heterocycles. The van der Waals surface area contributed by atoms with Crippen molar-refractivity contribution in [3.63, 3.8) is 0 Å². The summed E-state index contributed by atoms with van der Waals surface area (Å²) in [7, 11) is 2.54. The molecule has 2 aromatic rings. The molecule has 0 spiro atoms. The molecular formula is C19H21NO4S. The van der Waals surface area contributed by atoms with E-state index in [2.05, 4.69) is 25.8 Å². The van der Waals surface area contributed by atoms with Crippen LogP contribution in [0.3, 0.4) is 0 Å². The molecule has 1 heterocycles. The highest BCUT2D eigenvalue weighted by Gasteiger charge is 2.17. The number of hydrogen-bond donors (Lipinski definition) is 0. The van der Waals surface area contributed by atoms with Gasteiger partial charge in [0.15, 0.2) is 0 Å². The summed E-state index contributed by atoms with van der Waals surface area (Å²) in [6, 6.07) is 11.1. The molecule has 1 aromatic carbocycles. The number of aromatic nitrogens is 1. The predicted molar refractivity (Wildman–Crippen MR) is 98.0 cm³/mol. The molecule has 0 atom stereocenters. The van der Waals surface area contributed by atoms with E-state index in [0.29, 0.717) is 5.56 Å². The number of nitrogens with zero attached hydrogens (tertiary/aromatic N) is 1. The highest BCUT2D eigenvalue weighted by Crippen LogP contribution is 2.33. The van der Waals surface area contributed by atoms with Gasteiger partial charge >= 0.3 is 11.9 Å². The van der Waals surface area contributed by atoms with Crippen LogP contribution in [0.15, 0.2) is 41.3 Å². The van der Waals surface area contributed by atoms with Crippen molar-refractivity contribution in [1.82, 2.24) is 4.98 Å². The van der Waals surface area contributed by atoms with Crippen LogP contribution >= 0.6 is 11.8 Å². The lowest BCUT2D eigenvalue weighted by Crippen LogP contribution is -2.11. The first-order valence-corrected chi connectivity index (χ1v) is 8.53. The van der Waals surface area contributed by atoms with E-state index in [9.17, 15) is 9.59 Å². The molecule has 0 radical (unpaired) electrons. The number of methoxy groups -OCH3 is 2. The quantitative estimate of drug-likeness (QED) is 0.602. The molecule has 5 nitrogen and oxygen atoms in total. The first-order chi connectivity index (χ1) is 11.7. The van der Waals surface area contributed by atoms with Crippen molar-refractivity contribution in [3.8, 4) is 11.1 Å². The van der Waals surface area contributed by atoms with Crippen LogP contribution in [-0.2, 0) is 9.47 Å². The van der Waals surface area contributed by atoms with E-state index in [1.165, 1.54) is 14.2 Å². The monoisotopic (exact) mass is 359 g/mol. The molecule has 132 valence electrons. The number of pyridine rings is 1. The van der Waals surface area contributed by atoms with Gasteiger partial charge < -0.3 is 9.47 Å². The third-order valence-electron chi connectivity index (χ3n) is 3.23. The number of esters is 2. The van der Waals surface area contributed by atoms with Crippen LogP contribution in [0.5, 0.6) is 0 Å². The second-order valence-electron chi connectivity index (χ2n) is 6.35. The van der Waals surface area contributed by atoms with Gasteiger partial charge in [0.2, 0.25) is 0 Å². The van der Waals surface area contributed by atoms with Gasteiger partial charge in [-0.05, 0) is 35.4 Å². The topological polar surface area (TPSA) is 65.5 Å². The average Bonchev–Trinajstić information content (AvgIpc) is 2.59. The Labute approximate surface area is 151 Å². The Morgan fingerprint density at radius 1 is 0.880 bits per heavy atom. The Kier molecular flexibility index (Phi) is 5.85. The summed E-state index contributed by atoms with van der Waals surface area (Å²) in [5, 5.41) is 0. The van der Waals surface area contributed by atoms with Crippen LogP contribution < -0.4 is 0 Å². The fourth-order valence-electron chi connectivity index (χ4n) is 2.18. The lowest BCUT2D eigenvalue weighted by atomic mass is 10.0. The van der Waals surface area contributed by atoms with Crippen molar-refractivity contribution >= 4 is 23.7 Å². The van der Waals surface area contributed by atoms with Gasteiger partial charge in [-0.1, -0.05) is 32.9 Å². The van der Waals surface area contributed by atoms with Crippen molar-refractivity contribution in [2.75, 3.05) is 14.2 Å². The number of carbonyl (C=O) groups is 2. The van der Waals surface area contributed by atoms with E-state index < -0.39 is 11.9 Å². The van der Waals surface area contributed by atoms with Gasteiger partial charge in [0.1, 0.15) is 11.4 Å². The van der Waals surface area contributed by atoms with Crippen LogP contribution in [0.25, 0.3) is 11.1 Å². The Bertz CT molecular complexity index is 745. The predicted octanol–water partition coefficient (Wildman–Crippen LogP) is 4.21. The highest BCUT2D eigenvalue weighted by molar-refractivity contribution is 8.00. The first-order valence-electron chi connectivity index (χ1n) is 7.71. The minimum atomic E-state index is -0.605. The first kappa shape index (κ1) is 19.0. The van der Waals surface area contributed by atoms with Crippen LogP contribution in [0.1, 0.15) is 41.7 Å². The van der Waals surface area contributed by atoms with E-state index in [-0.39, 0.29) is 16.1 Å². The number of ether oxygens (including phenoxy) is 2. The van der Waals surface area contributed by atoms with Crippen molar-refractivity contribution in [3.05, 3.63) is 47.8 Å². The minimum absolute atomic E-state index is 0.0635. The third-order valence-corrected chi connectivity index (χ3v) is 4.35. The summed E-state index contributed by atoms with van der Waals surface area (Å²) >= 11 is 1.77. The molecule has 0 N–H and O–H groups in total. The second-order valence-corrected chi connectivity index (χ2v) is 8.25. The fraction of sp³-hybridized carbons (Fsp3) is 0.316. The lowest BCUT2D eigenvalue weighted by molar-refractivity contribution is 0.0586. The number of thioether (sulfide) groups is 1. The second kappa shape index (κ2) is 7.70. The third kappa shape index (κ3) is 5.06. The smallest absolute Gasteiger partial charge is 0.356 e. The molecule has 0 unspecified atom stereocenters. The molecule has 0 amide bonds. The molecule has 0 bridgehead atoms. The molecule has 0 fully saturated rings. The number of rotatable bonds is 4. The van der Waals surface area contributed by atoms with Crippen LogP contribution in [-0.4, -0.2) is 35.9 Å². The molecule has 0 saturated heterocycles. The highest BCUT2D eigenvalue weighted by atomic mass is 32.2. The van der Waals surface area contributed by atoms with Gasteiger partial charge in [0.25, 0.3) is 0 Å². The number of hydrogen-bond acceptors (Lipinski definition) is 6. The van der Waals surface area contributed by atoms with E-state index in [1.54, 1.807) is 23.9 Å². The summed E-state index contributed by atoms with van der Waals surface area (Å²) < 4.78 is 9.54. The van der Waals surface area contributed by atoms with Crippen molar-refractivity contribution in [2.24, 2.45) is 0 Å². The van der Waals surface area contributed by atoms with E-state index in [0.717, 1.165) is 10.5 Å². The zero-order valence-electron chi connectivity index (χ0n) is 15.0. The molecule has 2 rings (SSSR count). The van der Waals surface area contributed by atoms with E-state index >= 15 is 0 Å². The number of benzene rings is 1. The molecule has 6 heteroatoms. The summed E-state index contributed by atoms with van der Waals surface area (Å²) in [6.07, 6.45) is 0. The Morgan fingerprint density at radius 3 is 1.76 bits per heavy atom. The average molecular weight is 359 g/mol. The van der Waals surface area contributed by atoms with Gasteiger partial charge in [0.05, 0.1) is 14.2 Å². The van der Waals surface area contributed by atoms with Crippen molar-refractivity contribution < 1.29 is 19.1 Å². The zero-order chi connectivity index (χ0) is 18.6. The van der Waals surface area contributed by atoms with E-state index in [4.69, 9.17) is 9.47 Å². The Hall–Kier alpha value is -2.34. The fourth-order valence-corrected chi connectivity index (χ4v) is 3.16. The molecule has 0 aliphatic heterocycles. The van der Waals surface area contributed by atoms with Gasteiger partial charge in [0, 0.05) is 9.64 Å². The van der Waals surface area contributed by atoms with Crippen LogP contribution in [0, 0.1) is 0 Å². The normalized spacial score (nSPS) is 11.1. The van der Waals surface area contributed by atoms with Crippen LogP contribution in [0.2, 0.25) is 0 Å².